The van der Waals surface area contributed by atoms with Crippen LogP contribution in [-0.2, 0) is 28.5 Å². The van der Waals surface area contributed by atoms with Crippen LogP contribution in [0.4, 0.5) is 0 Å². The summed E-state index contributed by atoms with van der Waals surface area (Å²) >= 11 is 0. The summed E-state index contributed by atoms with van der Waals surface area (Å²) in [6.45, 7) is 8.67. The Morgan fingerprint density at radius 1 is 0.826 bits per heavy atom. The molecule has 0 aliphatic heterocycles. The van der Waals surface area contributed by atoms with Crippen LogP contribution >= 0.6 is 0 Å². The molecule has 0 aromatic rings. The van der Waals surface area contributed by atoms with Gasteiger partial charge in [0.2, 0.25) is 0 Å². The maximum Gasteiger partial charge on any atom is 0.332 e. The molecule has 0 spiro atoms. The maximum atomic E-state index is 11.4. The zero-order valence-electron chi connectivity index (χ0n) is 15.0. The van der Waals surface area contributed by atoms with Gasteiger partial charge in [0.25, 0.3) is 0 Å². The van der Waals surface area contributed by atoms with E-state index in [0.29, 0.717) is 26.2 Å². The first-order valence-corrected chi connectivity index (χ1v) is 8.38. The van der Waals surface area contributed by atoms with E-state index in [1.807, 2.05) is 0 Å². The van der Waals surface area contributed by atoms with Gasteiger partial charge in [-0.25, -0.2) is 4.79 Å². The fourth-order valence-corrected chi connectivity index (χ4v) is 1.73. The molecular weight excluding hydrogens is 300 g/mol. The fraction of sp³-hybridized carbons (Fsp3) is 0.882. The van der Waals surface area contributed by atoms with Gasteiger partial charge in [0, 0.05) is 6.42 Å². The molecule has 0 N–H and O–H groups in total. The Kier molecular flexibility index (Phi) is 12.7. The summed E-state index contributed by atoms with van der Waals surface area (Å²) in [5.74, 6) is -0.569. The molecule has 0 heterocycles. The molecule has 0 radical (unpaired) electrons. The van der Waals surface area contributed by atoms with Crippen LogP contribution in [0.15, 0.2) is 0 Å². The van der Waals surface area contributed by atoms with Gasteiger partial charge < -0.3 is 18.9 Å². The molecule has 0 aromatic carbocycles. The Balaban J connectivity index is 3.33. The van der Waals surface area contributed by atoms with E-state index in [0.717, 1.165) is 25.7 Å². The van der Waals surface area contributed by atoms with Crippen LogP contribution in [0.1, 0.15) is 59.8 Å². The second-order valence-corrected chi connectivity index (χ2v) is 6.28. The van der Waals surface area contributed by atoms with Crippen LogP contribution in [0.5, 0.6) is 0 Å². The van der Waals surface area contributed by atoms with Crippen LogP contribution in [0.25, 0.3) is 0 Å². The van der Waals surface area contributed by atoms with Crippen molar-refractivity contribution in [2.45, 2.75) is 65.4 Å². The Morgan fingerprint density at radius 2 is 1.48 bits per heavy atom. The molecule has 0 bridgehead atoms. The van der Waals surface area contributed by atoms with E-state index in [1.54, 1.807) is 20.8 Å². The molecular formula is C17H32O6. The Hall–Kier alpha value is -1.14. The van der Waals surface area contributed by atoms with Gasteiger partial charge in [-0.05, 0) is 27.2 Å². The number of unbranched alkanes of at least 4 members (excludes halogenated alkanes) is 3. The molecule has 0 saturated carbocycles. The zero-order valence-corrected chi connectivity index (χ0v) is 15.0. The minimum Gasteiger partial charge on any atom is -0.463 e. The molecule has 23 heavy (non-hydrogen) atoms. The largest absolute Gasteiger partial charge is 0.463 e. The van der Waals surface area contributed by atoms with Crippen molar-refractivity contribution in [2.75, 3.05) is 33.0 Å². The van der Waals surface area contributed by atoms with E-state index in [4.69, 9.17) is 18.9 Å². The lowest BCUT2D eigenvalue weighted by molar-refractivity contribution is -0.161. The molecule has 0 fully saturated rings. The van der Waals surface area contributed by atoms with Crippen LogP contribution in [0, 0.1) is 0 Å². The predicted molar refractivity (Wildman–Crippen MR) is 87.2 cm³/mol. The second-order valence-electron chi connectivity index (χ2n) is 6.28. The van der Waals surface area contributed by atoms with Crippen molar-refractivity contribution < 1.29 is 28.5 Å². The molecule has 6 heteroatoms. The fourth-order valence-electron chi connectivity index (χ4n) is 1.73. The first-order valence-electron chi connectivity index (χ1n) is 8.38. The topological polar surface area (TPSA) is 71.1 Å². The highest BCUT2D eigenvalue weighted by Crippen LogP contribution is 2.06. The summed E-state index contributed by atoms with van der Waals surface area (Å²) in [6.07, 6.45) is 4.72. The molecule has 136 valence electrons. The van der Waals surface area contributed by atoms with Gasteiger partial charge in [-0.3, -0.25) is 4.79 Å². The SMILES string of the molecule is CCCCCCC(=O)OCCOCCOCC(=O)OC(C)(C)C. The summed E-state index contributed by atoms with van der Waals surface area (Å²) in [7, 11) is 0. The summed E-state index contributed by atoms with van der Waals surface area (Å²) < 4.78 is 20.5. The summed E-state index contributed by atoms with van der Waals surface area (Å²) in [6, 6.07) is 0. The van der Waals surface area contributed by atoms with Crippen LogP contribution < -0.4 is 0 Å². The van der Waals surface area contributed by atoms with Gasteiger partial charge in [-0.15, -0.1) is 0 Å². The third-order valence-electron chi connectivity index (χ3n) is 2.74. The van der Waals surface area contributed by atoms with Crippen LogP contribution in [0.3, 0.4) is 0 Å². The number of carbonyl (C=O) groups excluding carboxylic acids is 2. The molecule has 0 amide bonds. The lowest BCUT2D eigenvalue weighted by Crippen LogP contribution is -2.27. The van der Waals surface area contributed by atoms with Crippen molar-refractivity contribution in [3.8, 4) is 0 Å². The van der Waals surface area contributed by atoms with Crippen molar-refractivity contribution in [2.24, 2.45) is 0 Å². The summed E-state index contributed by atoms with van der Waals surface area (Å²) in [5.41, 5.74) is -0.503. The van der Waals surface area contributed by atoms with Crippen molar-refractivity contribution in [3.63, 3.8) is 0 Å². The van der Waals surface area contributed by atoms with Crippen LogP contribution in [0.2, 0.25) is 0 Å². The Labute approximate surface area is 139 Å². The van der Waals surface area contributed by atoms with Gasteiger partial charge >= 0.3 is 11.9 Å². The Bertz CT molecular complexity index is 322. The third kappa shape index (κ3) is 17.1. The van der Waals surface area contributed by atoms with E-state index < -0.39 is 11.6 Å². The molecule has 0 aromatic heterocycles. The summed E-state index contributed by atoms with van der Waals surface area (Å²) in [4.78, 5) is 22.7. The van der Waals surface area contributed by atoms with Crippen molar-refractivity contribution in [1.82, 2.24) is 0 Å². The van der Waals surface area contributed by atoms with E-state index in [1.165, 1.54) is 0 Å². The predicted octanol–water partition coefficient (Wildman–Crippen LogP) is 2.87. The molecule has 0 aliphatic carbocycles. The molecule has 0 atom stereocenters. The first-order chi connectivity index (χ1) is 10.8. The lowest BCUT2D eigenvalue weighted by Gasteiger charge is -2.19. The Morgan fingerprint density at radius 3 is 2.13 bits per heavy atom. The molecule has 0 saturated heterocycles. The lowest BCUT2D eigenvalue weighted by atomic mass is 10.2. The van der Waals surface area contributed by atoms with E-state index in [-0.39, 0.29) is 19.2 Å². The minimum atomic E-state index is -0.503. The normalized spacial score (nSPS) is 11.3. The maximum absolute atomic E-state index is 11.4. The average Bonchev–Trinajstić information content (AvgIpc) is 2.44. The van der Waals surface area contributed by atoms with Gasteiger partial charge in [0.15, 0.2) is 0 Å². The highest BCUT2D eigenvalue weighted by molar-refractivity contribution is 5.71. The number of esters is 2. The van der Waals surface area contributed by atoms with Gasteiger partial charge in [-0.2, -0.15) is 0 Å². The standard InChI is InChI=1S/C17H32O6/c1-5-6-7-8-9-15(18)22-13-12-20-10-11-21-14-16(19)23-17(2,3)4/h5-14H2,1-4H3. The van der Waals surface area contributed by atoms with Crippen molar-refractivity contribution in [1.29, 1.82) is 0 Å². The highest BCUT2D eigenvalue weighted by atomic mass is 16.6. The summed E-state index contributed by atoms with van der Waals surface area (Å²) in [5, 5.41) is 0. The third-order valence-corrected chi connectivity index (χ3v) is 2.74. The molecule has 0 unspecified atom stereocenters. The van der Waals surface area contributed by atoms with E-state index >= 15 is 0 Å². The zero-order chi connectivity index (χ0) is 17.6. The van der Waals surface area contributed by atoms with Crippen molar-refractivity contribution in [3.05, 3.63) is 0 Å². The van der Waals surface area contributed by atoms with Gasteiger partial charge in [0.1, 0.15) is 18.8 Å². The van der Waals surface area contributed by atoms with E-state index in [9.17, 15) is 9.59 Å². The number of ether oxygens (including phenoxy) is 4. The van der Waals surface area contributed by atoms with E-state index in [2.05, 4.69) is 6.92 Å². The van der Waals surface area contributed by atoms with Gasteiger partial charge in [0.05, 0.1) is 19.8 Å². The van der Waals surface area contributed by atoms with Crippen molar-refractivity contribution >= 4 is 11.9 Å². The number of rotatable bonds is 13. The molecule has 0 aliphatic rings. The second kappa shape index (κ2) is 13.3. The number of carbonyl (C=O) groups is 2. The molecule has 0 rings (SSSR count). The monoisotopic (exact) mass is 332 g/mol. The van der Waals surface area contributed by atoms with Gasteiger partial charge in [-0.1, -0.05) is 26.2 Å². The first kappa shape index (κ1) is 21.9. The quantitative estimate of drug-likeness (QED) is 0.381. The van der Waals surface area contributed by atoms with Crippen LogP contribution in [-0.4, -0.2) is 50.6 Å². The number of hydrogen-bond donors (Lipinski definition) is 0. The number of hydrogen-bond acceptors (Lipinski definition) is 6. The molecule has 6 nitrogen and oxygen atoms in total. The minimum absolute atomic E-state index is 0.0899. The highest BCUT2D eigenvalue weighted by Gasteiger charge is 2.15. The smallest absolute Gasteiger partial charge is 0.332 e. The average molecular weight is 332 g/mol.